The molecular weight excluding hydrogens is 275 g/mol. The van der Waals surface area contributed by atoms with Gasteiger partial charge in [0.1, 0.15) is 0 Å². The van der Waals surface area contributed by atoms with Gasteiger partial charge in [0.2, 0.25) is 0 Å². The fourth-order valence-corrected chi connectivity index (χ4v) is 2.04. The van der Waals surface area contributed by atoms with E-state index in [0.29, 0.717) is 22.2 Å². The lowest BCUT2D eigenvalue weighted by atomic mass is 10.2. The minimum atomic E-state index is -0.339. The minimum absolute atomic E-state index is 0.0434. The summed E-state index contributed by atoms with van der Waals surface area (Å²) in [5.41, 5.74) is 0.531. The molecule has 0 saturated carbocycles. The first-order valence-corrected chi connectivity index (χ1v) is 6.45. The molecule has 1 aromatic rings. The molecule has 0 fully saturated rings. The number of urea groups is 1. The van der Waals surface area contributed by atoms with E-state index in [2.05, 4.69) is 10.6 Å². The number of aliphatic hydroxyl groups is 1. The van der Waals surface area contributed by atoms with Gasteiger partial charge in [-0.1, -0.05) is 30.1 Å². The van der Waals surface area contributed by atoms with Crippen molar-refractivity contribution in [2.45, 2.75) is 25.8 Å². The van der Waals surface area contributed by atoms with Crippen LogP contribution in [0, 0.1) is 0 Å². The van der Waals surface area contributed by atoms with Crippen LogP contribution in [-0.2, 0) is 0 Å². The van der Waals surface area contributed by atoms with Gasteiger partial charge in [-0.3, -0.25) is 0 Å². The molecule has 0 aliphatic rings. The number of amides is 2. The molecule has 0 radical (unpaired) electrons. The highest BCUT2D eigenvalue weighted by Crippen LogP contribution is 2.22. The second kappa shape index (κ2) is 7.46. The summed E-state index contributed by atoms with van der Waals surface area (Å²) in [5.74, 6) is 0. The quantitative estimate of drug-likeness (QED) is 0.779. The maximum atomic E-state index is 11.7. The van der Waals surface area contributed by atoms with Crippen LogP contribution in [-0.4, -0.2) is 23.8 Å². The molecule has 1 unspecified atom stereocenters. The van der Waals surface area contributed by atoms with Gasteiger partial charge < -0.3 is 15.7 Å². The van der Waals surface area contributed by atoms with Crippen LogP contribution in [0.3, 0.4) is 0 Å². The zero-order valence-corrected chi connectivity index (χ0v) is 11.6. The van der Waals surface area contributed by atoms with Crippen LogP contribution in [0.5, 0.6) is 0 Å². The summed E-state index contributed by atoms with van der Waals surface area (Å²) < 4.78 is 0. The van der Waals surface area contributed by atoms with Gasteiger partial charge >= 0.3 is 6.03 Å². The first kappa shape index (κ1) is 15.1. The van der Waals surface area contributed by atoms with Crippen LogP contribution in [0.15, 0.2) is 18.2 Å². The molecule has 1 aromatic carbocycles. The van der Waals surface area contributed by atoms with E-state index in [1.165, 1.54) is 0 Å². The molecule has 0 heterocycles. The second-order valence-electron chi connectivity index (χ2n) is 3.87. The number of carbonyl (C=O) groups is 1. The molecule has 1 rings (SSSR count). The molecule has 0 saturated heterocycles. The number of rotatable bonds is 5. The first-order valence-electron chi connectivity index (χ1n) is 5.69. The number of nitrogens with one attached hydrogen (secondary N) is 2. The molecule has 2 amide bonds. The lowest BCUT2D eigenvalue weighted by Gasteiger charge is -2.16. The van der Waals surface area contributed by atoms with Gasteiger partial charge in [-0.05, 0) is 31.0 Å². The summed E-state index contributed by atoms with van der Waals surface area (Å²) in [4.78, 5) is 11.7. The molecule has 100 valence electrons. The van der Waals surface area contributed by atoms with Crippen LogP contribution < -0.4 is 10.6 Å². The summed E-state index contributed by atoms with van der Waals surface area (Å²) in [5, 5.41) is 15.2. The standard InChI is InChI=1S/C12H16Cl2N2O2/c1-2-10(3-4-17)15-12(18)16-11-6-8(13)5-9(14)7-11/h5-7,10,17H,2-4H2,1H3,(H2,15,16,18). The normalized spacial score (nSPS) is 12.0. The predicted octanol–water partition coefficient (Wildman–Crippen LogP) is 3.28. The fraction of sp³-hybridized carbons (Fsp3) is 0.417. The number of benzene rings is 1. The van der Waals surface area contributed by atoms with Crippen LogP contribution in [0.2, 0.25) is 10.0 Å². The third-order valence-electron chi connectivity index (χ3n) is 2.43. The Labute approximate surface area is 116 Å². The molecule has 18 heavy (non-hydrogen) atoms. The van der Waals surface area contributed by atoms with Crippen molar-refractivity contribution in [3.05, 3.63) is 28.2 Å². The van der Waals surface area contributed by atoms with E-state index in [1.807, 2.05) is 6.92 Å². The Kier molecular flexibility index (Phi) is 6.25. The van der Waals surface area contributed by atoms with Gasteiger partial charge in [-0.15, -0.1) is 0 Å². The molecule has 0 bridgehead atoms. The highest BCUT2D eigenvalue weighted by Gasteiger charge is 2.10. The number of aliphatic hydroxyl groups excluding tert-OH is 1. The smallest absolute Gasteiger partial charge is 0.319 e. The third kappa shape index (κ3) is 5.12. The summed E-state index contributed by atoms with van der Waals surface area (Å²) in [6.07, 6.45) is 1.28. The van der Waals surface area contributed by atoms with E-state index < -0.39 is 0 Å². The highest BCUT2D eigenvalue weighted by molar-refractivity contribution is 6.35. The number of hydrogen-bond donors (Lipinski definition) is 3. The Balaban J connectivity index is 2.58. The van der Waals surface area contributed by atoms with Crippen LogP contribution in [0.25, 0.3) is 0 Å². The Bertz CT molecular complexity index is 393. The molecule has 4 nitrogen and oxygen atoms in total. The SMILES string of the molecule is CCC(CCO)NC(=O)Nc1cc(Cl)cc(Cl)c1. The van der Waals surface area contributed by atoms with Gasteiger partial charge in [0.05, 0.1) is 0 Å². The number of halogens is 2. The van der Waals surface area contributed by atoms with Gasteiger partial charge in [-0.2, -0.15) is 0 Å². The van der Waals surface area contributed by atoms with Gasteiger partial charge in [0.15, 0.2) is 0 Å². The van der Waals surface area contributed by atoms with E-state index in [0.717, 1.165) is 6.42 Å². The summed E-state index contributed by atoms with van der Waals surface area (Å²) in [7, 11) is 0. The minimum Gasteiger partial charge on any atom is -0.396 e. The van der Waals surface area contributed by atoms with Crippen molar-refractivity contribution in [3.63, 3.8) is 0 Å². The largest absolute Gasteiger partial charge is 0.396 e. The zero-order chi connectivity index (χ0) is 13.5. The van der Waals surface area contributed by atoms with Crippen LogP contribution >= 0.6 is 23.2 Å². The lowest BCUT2D eigenvalue weighted by Crippen LogP contribution is -2.38. The van der Waals surface area contributed by atoms with E-state index >= 15 is 0 Å². The van der Waals surface area contributed by atoms with Crippen molar-refractivity contribution in [1.82, 2.24) is 5.32 Å². The number of anilines is 1. The zero-order valence-electron chi connectivity index (χ0n) is 10.0. The molecule has 0 spiro atoms. The highest BCUT2D eigenvalue weighted by atomic mass is 35.5. The van der Waals surface area contributed by atoms with Gasteiger partial charge in [-0.25, -0.2) is 4.79 Å². The fourth-order valence-electron chi connectivity index (χ4n) is 1.51. The lowest BCUT2D eigenvalue weighted by molar-refractivity contribution is 0.237. The van der Waals surface area contributed by atoms with Crippen molar-refractivity contribution in [1.29, 1.82) is 0 Å². The molecule has 0 aliphatic carbocycles. The average Bonchev–Trinajstić information content (AvgIpc) is 2.26. The molecule has 0 aliphatic heterocycles. The van der Waals surface area contributed by atoms with E-state index in [1.54, 1.807) is 18.2 Å². The maximum Gasteiger partial charge on any atom is 0.319 e. The molecule has 0 aromatic heterocycles. The number of carbonyl (C=O) groups excluding carboxylic acids is 1. The Hall–Kier alpha value is -0.970. The monoisotopic (exact) mass is 290 g/mol. The maximum absolute atomic E-state index is 11.7. The summed E-state index contributed by atoms with van der Waals surface area (Å²) in [6.45, 7) is 1.98. The van der Waals surface area contributed by atoms with E-state index in [-0.39, 0.29) is 18.7 Å². The second-order valence-corrected chi connectivity index (χ2v) is 4.75. The summed E-state index contributed by atoms with van der Waals surface area (Å²) in [6, 6.07) is 4.42. The van der Waals surface area contributed by atoms with Crippen LogP contribution in [0.1, 0.15) is 19.8 Å². The van der Waals surface area contributed by atoms with E-state index in [4.69, 9.17) is 28.3 Å². The average molecular weight is 291 g/mol. The topological polar surface area (TPSA) is 61.4 Å². The van der Waals surface area contributed by atoms with Crippen molar-refractivity contribution in [3.8, 4) is 0 Å². The predicted molar refractivity (Wildman–Crippen MR) is 74.4 cm³/mol. The first-order chi connectivity index (χ1) is 8.55. The molecule has 1 atom stereocenters. The van der Waals surface area contributed by atoms with Crippen molar-refractivity contribution < 1.29 is 9.90 Å². The Morgan fingerprint density at radius 1 is 1.33 bits per heavy atom. The Morgan fingerprint density at radius 3 is 2.44 bits per heavy atom. The van der Waals surface area contributed by atoms with Crippen molar-refractivity contribution in [2.24, 2.45) is 0 Å². The van der Waals surface area contributed by atoms with Crippen LogP contribution in [0.4, 0.5) is 10.5 Å². The molecule has 3 N–H and O–H groups in total. The van der Waals surface area contributed by atoms with Crippen molar-refractivity contribution >= 4 is 34.9 Å². The third-order valence-corrected chi connectivity index (χ3v) is 2.86. The molecule has 6 heteroatoms. The summed E-state index contributed by atoms with van der Waals surface area (Å²) >= 11 is 11.7. The van der Waals surface area contributed by atoms with Gasteiger partial charge in [0, 0.05) is 28.4 Å². The van der Waals surface area contributed by atoms with Crippen molar-refractivity contribution in [2.75, 3.05) is 11.9 Å². The van der Waals surface area contributed by atoms with E-state index in [9.17, 15) is 4.79 Å². The Morgan fingerprint density at radius 2 is 1.94 bits per heavy atom. The number of hydrogen-bond acceptors (Lipinski definition) is 2. The van der Waals surface area contributed by atoms with Gasteiger partial charge in [0.25, 0.3) is 0 Å². The molecular formula is C12H16Cl2N2O2.